The molecule has 28 heavy (non-hydrogen) atoms. The fourth-order valence-corrected chi connectivity index (χ4v) is 2.73. The van der Waals surface area contributed by atoms with Crippen molar-refractivity contribution in [1.82, 2.24) is 14.6 Å². The maximum atomic E-state index is 12.8. The molecule has 0 aliphatic carbocycles. The Balaban J connectivity index is 1.76. The average Bonchev–Trinajstić information content (AvgIpc) is 3.11. The van der Waals surface area contributed by atoms with Gasteiger partial charge in [-0.1, -0.05) is 16.1 Å². The summed E-state index contributed by atoms with van der Waals surface area (Å²) in [7, 11) is 0. The van der Waals surface area contributed by atoms with Crippen LogP contribution in [0.5, 0.6) is 0 Å². The van der Waals surface area contributed by atoms with E-state index in [1.54, 1.807) is 24.3 Å². The number of carbonyl (C=O) groups excluding carboxylic acids is 2. The molecule has 2 N–H and O–H groups in total. The van der Waals surface area contributed by atoms with Crippen molar-refractivity contribution in [3.63, 3.8) is 0 Å². The van der Waals surface area contributed by atoms with E-state index < -0.39 is 23.6 Å². The van der Waals surface area contributed by atoms with Gasteiger partial charge < -0.3 is 10.6 Å². The van der Waals surface area contributed by atoms with Gasteiger partial charge in [0.1, 0.15) is 5.00 Å². The number of pyridine rings is 1. The van der Waals surface area contributed by atoms with Crippen LogP contribution in [0.15, 0.2) is 42.7 Å². The van der Waals surface area contributed by atoms with Crippen LogP contribution >= 0.6 is 23.1 Å². The van der Waals surface area contributed by atoms with Crippen molar-refractivity contribution < 1.29 is 22.8 Å². The Kier molecular flexibility index (Phi) is 5.56. The van der Waals surface area contributed by atoms with Gasteiger partial charge in [0.05, 0.1) is 11.1 Å². The predicted octanol–water partition coefficient (Wildman–Crippen LogP) is 4.11. The van der Waals surface area contributed by atoms with Crippen LogP contribution in [0.4, 0.5) is 23.9 Å². The van der Waals surface area contributed by atoms with Gasteiger partial charge >= 0.3 is 6.18 Å². The van der Waals surface area contributed by atoms with Crippen molar-refractivity contribution in [1.29, 1.82) is 0 Å². The number of hydrogen-bond acceptors (Lipinski definition) is 6. The van der Waals surface area contributed by atoms with Crippen LogP contribution in [-0.2, 0) is 6.18 Å². The lowest BCUT2D eigenvalue weighted by molar-refractivity contribution is -0.137. The first-order chi connectivity index (χ1) is 13.2. The lowest BCUT2D eigenvalue weighted by atomic mass is 10.2. The third-order valence-corrected chi connectivity index (χ3v) is 4.25. The molecule has 0 aliphatic rings. The van der Waals surface area contributed by atoms with Crippen molar-refractivity contribution in [3.8, 4) is 0 Å². The van der Waals surface area contributed by atoms with E-state index in [0.29, 0.717) is 34.5 Å². The number of carbonyl (C=O) groups is 2. The summed E-state index contributed by atoms with van der Waals surface area (Å²) >= 11 is 6.48. The number of nitrogens with zero attached hydrogens (tertiary/aromatic N) is 3. The zero-order valence-electron chi connectivity index (χ0n) is 13.6. The molecular weight excluding hydrogens is 419 g/mol. The number of benzene rings is 1. The standard InChI is InChI=1S/C16H9ClF3N5O2S/c17-10-1-3-11(4-2-10)22-14(27)12-15(28-25-24-12)23-13(26)8-5-9(7-21-6-8)16(18,19)20/h1-7H,(H,22,27)(H,23,26). The number of amides is 2. The molecule has 0 saturated carbocycles. The summed E-state index contributed by atoms with van der Waals surface area (Å²) in [6, 6.07) is 6.92. The van der Waals surface area contributed by atoms with Crippen LogP contribution in [0.2, 0.25) is 5.02 Å². The third-order valence-electron chi connectivity index (χ3n) is 3.36. The van der Waals surface area contributed by atoms with Crippen molar-refractivity contribution in [3.05, 3.63) is 64.6 Å². The van der Waals surface area contributed by atoms with Gasteiger partial charge in [0, 0.05) is 34.6 Å². The highest BCUT2D eigenvalue weighted by atomic mass is 35.5. The molecule has 144 valence electrons. The number of alkyl halides is 3. The molecule has 1 aromatic carbocycles. The Bertz CT molecular complexity index is 1020. The van der Waals surface area contributed by atoms with Gasteiger partial charge in [-0.2, -0.15) is 13.2 Å². The van der Waals surface area contributed by atoms with E-state index in [0.717, 1.165) is 6.20 Å². The average molecular weight is 428 g/mol. The van der Waals surface area contributed by atoms with Gasteiger partial charge in [0.2, 0.25) is 0 Å². The van der Waals surface area contributed by atoms with E-state index in [1.165, 1.54) is 0 Å². The van der Waals surface area contributed by atoms with E-state index in [2.05, 4.69) is 25.2 Å². The molecule has 2 amide bonds. The van der Waals surface area contributed by atoms with E-state index in [1.807, 2.05) is 0 Å². The second-order valence-corrected chi connectivity index (χ2v) is 6.52. The fraction of sp³-hybridized carbons (Fsp3) is 0.0625. The Hall–Kier alpha value is -3.05. The number of hydrogen-bond donors (Lipinski definition) is 2. The molecule has 0 fully saturated rings. The quantitative estimate of drug-likeness (QED) is 0.653. The fourth-order valence-electron chi connectivity index (χ4n) is 2.04. The first kappa shape index (κ1) is 19.7. The van der Waals surface area contributed by atoms with Crippen molar-refractivity contribution in [2.24, 2.45) is 0 Å². The molecule has 0 bridgehead atoms. The maximum absolute atomic E-state index is 12.8. The van der Waals surface area contributed by atoms with Crippen LogP contribution in [0.25, 0.3) is 0 Å². The summed E-state index contributed by atoms with van der Waals surface area (Å²) in [6.45, 7) is 0. The van der Waals surface area contributed by atoms with Crippen LogP contribution in [0.1, 0.15) is 26.4 Å². The summed E-state index contributed by atoms with van der Waals surface area (Å²) in [5, 5.41) is 8.99. The molecule has 2 heterocycles. The maximum Gasteiger partial charge on any atom is 0.417 e. The molecule has 0 unspecified atom stereocenters. The summed E-state index contributed by atoms with van der Waals surface area (Å²) in [5.41, 5.74) is -1.15. The van der Waals surface area contributed by atoms with Crippen molar-refractivity contribution in [2.45, 2.75) is 6.18 Å². The van der Waals surface area contributed by atoms with Crippen molar-refractivity contribution in [2.75, 3.05) is 10.6 Å². The highest BCUT2D eigenvalue weighted by Gasteiger charge is 2.31. The zero-order chi connectivity index (χ0) is 20.3. The minimum atomic E-state index is -4.64. The number of anilines is 2. The second-order valence-electron chi connectivity index (χ2n) is 5.33. The number of aromatic nitrogens is 3. The molecule has 3 aromatic rings. The molecule has 0 radical (unpaired) electrons. The molecule has 0 saturated heterocycles. The molecular formula is C16H9ClF3N5O2S. The smallest absolute Gasteiger partial charge is 0.320 e. The largest absolute Gasteiger partial charge is 0.417 e. The van der Waals surface area contributed by atoms with Gasteiger partial charge in [0.25, 0.3) is 11.8 Å². The Morgan fingerprint density at radius 1 is 1.04 bits per heavy atom. The van der Waals surface area contributed by atoms with Gasteiger partial charge in [-0.05, 0) is 30.3 Å². The molecule has 12 heteroatoms. The summed E-state index contributed by atoms with van der Waals surface area (Å²) in [6.07, 6.45) is -3.05. The zero-order valence-corrected chi connectivity index (χ0v) is 15.2. The lowest BCUT2D eigenvalue weighted by Gasteiger charge is -2.08. The van der Waals surface area contributed by atoms with E-state index in [-0.39, 0.29) is 16.3 Å². The van der Waals surface area contributed by atoms with Crippen LogP contribution < -0.4 is 10.6 Å². The van der Waals surface area contributed by atoms with Gasteiger partial charge in [-0.25, -0.2) is 0 Å². The molecule has 0 aliphatic heterocycles. The lowest BCUT2D eigenvalue weighted by Crippen LogP contribution is -2.18. The van der Waals surface area contributed by atoms with E-state index >= 15 is 0 Å². The summed E-state index contributed by atoms with van der Waals surface area (Å²) in [5.74, 6) is -1.54. The SMILES string of the molecule is O=C(Nc1snnc1C(=O)Nc1ccc(Cl)cc1)c1cncc(C(F)(F)F)c1. The Labute approximate surface area is 164 Å². The van der Waals surface area contributed by atoms with Gasteiger partial charge in [0.15, 0.2) is 5.69 Å². The van der Waals surface area contributed by atoms with Gasteiger partial charge in [-0.15, -0.1) is 5.10 Å². The molecule has 7 nitrogen and oxygen atoms in total. The Morgan fingerprint density at radius 3 is 2.43 bits per heavy atom. The number of nitrogens with one attached hydrogen (secondary N) is 2. The first-order valence-electron chi connectivity index (χ1n) is 7.47. The summed E-state index contributed by atoms with van der Waals surface area (Å²) in [4.78, 5) is 28.0. The number of rotatable bonds is 4. The molecule has 0 atom stereocenters. The highest BCUT2D eigenvalue weighted by Crippen LogP contribution is 2.29. The molecule has 0 spiro atoms. The Morgan fingerprint density at radius 2 is 1.75 bits per heavy atom. The van der Waals surface area contributed by atoms with Gasteiger partial charge in [-0.3, -0.25) is 14.6 Å². The monoisotopic (exact) mass is 427 g/mol. The van der Waals surface area contributed by atoms with Crippen LogP contribution in [0.3, 0.4) is 0 Å². The second kappa shape index (κ2) is 7.90. The topological polar surface area (TPSA) is 96.9 Å². The predicted molar refractivity (Wildman–Crippen MR) is 96.5 cm³/mol. The molecule has 2 aromatic heterocycles. The first-order valence-corrected chi connectivity index (χ1v) is 8.62. The van der Waals surface area contributed by atoms with Crippen molar-refractivity contribution >= 4 is 45.6 Å². The number of halogens is 4. The summed E-state index contributed by atoms with van der Waals surface area (Å²) < 4.78 is 41.9. The molecule has 3 rings (SSSR count). The van der Waals surface area contributed by atoms with Crippen LogP contribution in [0, 0.1) is 0 Å². The minimum Gasteiger partial charge on any atom is -0.320 e. The van der Waals surface area contributed by atoms with E-state index in [9.17, 15) is 22.8 Å². The minimum absolute atomic E-state index is 0.0196. The highest BCUT2D eigenvalue weighted by molar-refractivity contribution is 7.10. The third kappa shape index (κ3) is 4.61. The van der Waals surface area contributed by atoms with E-state index in [4.69, 9.17) is 11.6 Å². The van der Waals surface area contributed by atoms with Crippen LogP contribution in [-0.4, -0.2) is 26.4 Å². The normalized spacial score (nSPS) is 11.1.